The second kappa shape index (κ2) is 7.11. The molecule has 0 spiro atoms. The van der Waals surface area contributed by atoms with Crippen molar-refractivity contribution in [3.8, 4) is 0 Å². The van der Waals surface area contributed by atoms with E-state index in [1.165, 1.54) is 50.9 Å². The monoisotopic (exact) mass is 367 g/mol. The van der Waals surface area contributed by atoms with Gasteiger partial charge in [-0.2, -0.15) is 10.1 Å². The van der Waals surface area contributed by atoms with Gasteiger partial charge in [0.25, 0.3) is 0 Å². The van der Waals surface area contributed by atoms with Gasteiger partial charge in [-0.05, 0) is 44.2 Å². The van der Waals surface area contributed by atoms with E-state index in [9.17, 15) is 0 Å². The molecule has 5 rings (SSSR count). The molecule has 3 fully saturated rings. The molecule has 3 aliphatic rings. The van der Waals surface area contributed by atoms with E-state index in [0.717, 1.165) is 42.5 Å². The third kappa shape index (κ3) is 3.52. The molecule has 1 aliphatic carbocycles. The Bertz CT molecular complexity index is 776. The summed E-state index contributed by atoms with van der Waals surface area (Å²) >= 11 is 0. The zero-order valence-corrected chi connectivity index (χ0v) is 16.1. The summed E-state index contributed by atoms with van der Waals surface area (Å²) in [6.07, 6.45) is 8.30. The number of anilines is 3. The Labute approximate surface area is 160 Å². The van der Waals surface area contributed by atoms with Crippen molar-refractivity contribution in [2.45, 2.75) is 38.0 Å². The van der Waals surface area contributed by atoms with E-state index in [1.807, 2.05) is 12.3 Å². The van der Waals surface area contributed by atoms with Gasteiger partial charge in [-0.3, -0.25) is 5.10 Å². The number of likely N-dealkylation sites (tertiary alicyclic amines) is 1. The lowest BCUT2D eigenvalue weighted by molar-refractivity contribution is 0.0908. The lowest BCUT2D eigenvalue weighted by Crippen LogP contribution is -2.48. The Hall–Kier alpha value is -2.15. The van der Waals surface area contributed by atoms with Gasteiger partial charge in [-0.1, -0.05) is 12.8 Å². The van der Waals surface area contributed by atoms with Gasteiger partial charge < -0.3 is 15.1 Å². The van der Waals surface area contributed by atoms with Crippen LogP contribution in [0.25, 0.3) is 0 Å². The van der Waals surface area contributed by atoms with Gasteiger partial charge in [-0.15, -0.1) is 0 Å². The zero-order valence-electron chi connectivity index (χ0n) is 16.1. The minimum Gasteiger partial charge on any atom is -0.340 e. The van der Waals surface area contributed by atoms with Crippen LogP contribution in [0.2, 0.25) is 0 Å². The van der Waals surface area contributed by atoms with Crippen molar-refractivity contribution in [1.82, 2.24) is 25.1 Å². The van der Waals surface area contributed by atoms with Crippen LogP contribution in [0, 0.1) is 11.8 Å². The van der Waals surface area contributed by atoms with E-state index >= 15 is 0 Å². The molecule has 2 aromatic heterocycles. The quantitative estimate of drug-likeness (QED) is 0.846. The van der Waals surface area contributed by atoms with Crippen LogP contribution in [0.1, 0.15) is 43.7 Å². The molecule has 2 aromatic rings. The lowest BCUT2D eigenvalue weighted by Gasteiger charge is -2.40. The topological polar surface area (TPSA) is 73.0 Å². The maximum absolute atomic E-state index is 4.75. The van der Waals surface area contributed by atoms with Crippen LogP contribution in [0.4, 0.5) is 17.6 Å². The summed E-state index contributed by atoms with van der Waals surface area (Å²) in [5.41, 5.74) is 1.25. The number of aromatic amines is 1. The smallest absolute Gasteiger partial charge is 0.227 e. The van der Waals surface area contributed by atoms with Gasteiger partial charge in [0.1, 0.15) is 5.82 Å². The highest BCUT2D eigenvalue weighted by Gasteiger charge is 2.36. The van der Waals surface area contributed by atoms with Crippen molar-refractivity contribution in [2.75, 3.05) is 43.4 Å². The van der Waals surface area contributed by atoms with Crippen molar-refractivity contribution in [1.29, 1.82) is 0 Å². The van der Waals surface area contributed by atoms with E-state index in [1.54, 1.807) is 0 Å². The minimum absolute atomic E-state index is 0.640. The van der Waals surface area contributed by atoms with Crippen molar-refractivity contribution < 1.29 is 0 Å². The molecule has 1 saturated carbocycles. The maximum atomic E-state index is 4.75. The second-order valence-corrected chi connectivity index (χ2v) is 8.53. The first-order chi connectivity index (χ1) is 13.2. The molecule has 1 unspecified atom stereocenters. The van der Waals surface area contributed by atoms with Gasteiger partial charge in [0.2, 0.25) is 5.95 Å². The molecule has 7 nitrogen and oxygen atoms in total. The molecule has 0 amide bonds. The predicted octanol–water partition coefficient (Wildman–Crippen LogP) is 2.99. The number of nitrogens with zero attached hydrogens (tertiary/aromatic N) is 5. The van der Waals surface area contributed by atoms with Crippen LogP contribution in [-0.4, -0.2) is 58.3 Å². The Morgan fingerprint density at radius 3 is 2.74 bits per heavy atom. The third-order valence-corrected chi connectivity index (χ3v) is 6.56. The van der Waals surface area contributed by atoms with E-state index in [0.29, 0.717) is 5.92 Å². The summed E-state index contributed by atoms with van der Waals surface area (Å²) in [7, 11) is 2.20. The second-order valence-electron chi connectivity index (χ2n) is 8.53. The van der Waals surface area contributed by atoms with Gasteiger partial charge in [0, 0.05) is 50.1 Å². The molecule has 0 bridgehead atoms. The van der Waals surface area contributed by atoms with Crippen LogP contribution in [-0.2, 0) is 0 Å². The summed E-state index contributed by atoms with van der Waals surface area (Å²) in [5, 5.41) is 11.0. The molecule has 7 heteroatoms. The summed E-state index contributed by atoms with van der Waals surface area (Å²) in [6, 6.07) is 4.05. The molecule has 2 aliphatic heterocycles. The molecule has 1 atom stereocenters. The Balaban J connectivity index is 1.23. The fourth-order valence-corrected chi connectivity index (χ4v) is 4.95. The van der Waals surface area contributed by atoms with Crippen molar-refractivity contribution >= 4 is 17.6 Å². The van der Waals surface area contributed by atoms with E-state index in [-0.39, 0.29) is 0 Å². The molecule has 2 N–H and O–H groups in total. The van der Waals surface area contributed by atoms with Crippen LogP contribution >= 0.6 is 0 Å². The Kier molecular flexibility index (Phi) is 4.47. The molecule has 4 heterocycles. The highest BCUT2D eigenvalue weighted by atomic mass is 15.3. The normalized spacial score (nSPS) is 24.5. The van der Waals surface area contributed by atoms with E-state index in [2.05, 4.69) is 43.4 Å². The van der Waals surface area contributed by atoms with Crippen molar-refractivity contribution in [3.05, 3.63) is 24.0 Å². The maximum Gasteiger partial charge on any atom is 0.227 e. The molecule has 2 saturated heterocycles. The van der Waals surface area contributed by atoms with Crippen LogP contribution < -0.4 is 10.2 Å². The zero-order chi connectivity index (χ0) is 18.2. The Morgan fingerprint density at radius 2 is 1.93 bits per heavy atom. The predicted molar refractivity (Wildman–Crippen MR) is 106 cm³/mol. The van der Waals surface area contributed by atoms with Crippen LogP contribution in [0.3, 0.4) is 0 Å². The molecule has 27 heavy (non-hydrogen) atoms. The fourth-order valence-electron chi connectivity index (χ4n) is 4.95. The fraction of sp³-hybridized carbons (Fsp3) is 0.650. The average Bonchev–Trinajstić information content (AvgIpc) is 3.40. The summed E-state index contributed by atoms with van der Waals surface area (Å²) in [5.74, 6) is 4.76. The van der Waals surface area contributed by atoms with Crippen molar-refractivity contribution in [3.63, 3.8) is 0 Å². The highest BCUT2D eigenvalue weighted by molar-refractivity contribution is 5.53. The first kappa shape index (κ1) is 17.0. The molecular formula is C20H29N7. The largest absolute Gasteiger partial charge is 0.340 e. The molecule has 144 valence electrons. The Morgan fingerprint density at radius 1 is 1.07 bits per heavy atom. The van der Waals surface area contributed by atoms with Gasteiger partial charge in [0.15, 0.2) is 5.82 Å². The average molecular weight is 368 g/mol. The van der Waals surface area contributed by atoms with Crippen LogP contribution in [0.15, 0.2) is 18.3 Å². The van der Waals surface area contributed by atoms with Crippen LogP contribution in [0.5, 0.6) is 0 Å². The number of H-pyrrole nitrogens is 1. The number of hydrogen-bond acceptors (Lipinski definition) is 6. The minimum atomic E-state index is 0.640. The summed E-state index contributed by atoms with van der Waals surface area (Å²) < 4.78 is 0. The third-order valence-electron chi connectivity index (χ3n) is 6.56. The first-order valence-corrected chi connectivity index (χ1v) is 10.3. The summed E-state index contributed by atoms with van der Waals surface area (Å²) in [4.78, 5) is 14.0. The lowest BCUT2D eigenvalue weighted by atomic mass is 9.86. The molecule has 0 aromatic carbocycles. The number of nitrogens with one attached hydrogen (secondary N) is 2. The van der Waals surface area contributed by atoms with Gasteiger partial charge >= 0.3 is 0 Å². The molecule has 0 radical (unpaired) electrons. The van der Waals surface area contributed by atoms with Gasteiger partial charge in [0.05, 0.1) is 0 Å². The standard InChI is InChI=1S/C20H29N7/c1-26-11-16(12-26)15-7-9-27(13-15)20-21-8-6-18(23-20)22-19-10-17(24-25-19)14-4-2-3-5-14/h6,8,10,14-16H,2-5,7,9,11-13H2,1H3,(H2,21,22,23,24,25). The van der Waals surface area contributed by atoms with Crippen molar-refractivity contribution in [2.24, 2.45) is 11.8 Å². The highest BCUT2D eigenvalue weighted by Crippen LogP contribution is 2.34. The van der Waals surface area contributed by atoms with E-state index < -0.39 is 0 Å². The number of hydrogen-bond donors (Lipinski definition) is 2. The number of aromatic nitrogens is 4. The molecular weight excluding hydrogens is 338 g/mol. The SMILES string of the molecule is CN1CC(C2CCN(c3nccc(Nc4cc(C5CCCC5)[nH]n4)n3)C2)C1. The number of rotatable bonds is 5. The first-order valence-electron chi connectivity index (χ1n) is 10.3. The summed E-state index contributed by atoms with van der Waals surface area (Å²) in [6.45, 7) is 4.62. The van der Waals surface area contributed by atoms with E-state index in [4.69, 9.17) is 4.98 Å². The van der Waals surface area contributed by atoms with Gasteiger partial charge in [-0.25, -0.2) is 4.98 Å².